The molecule has 104 valence electrons. The smallest absolute Gasteiger partial charge is 0.310 e. The van der Waals surface area contributed by atoms with Crippen molar-refractivity contribution in [3.05, 3.63) is 0 Å². The first-order valence-electron chi connectivity index (χ1n) is 7.32. The van der Waals surface area contributed by atoms with Crippen LogP contribution in [0.2, 0.25) is 0 Å². The lowest BCUT2D eigenvalue weighted by Crippen LogP contribution is -2.46. The van der Waals surface area contributed by atoms with Gasteiger partial charge in [0.1, 0.15) is 6.10 Å². The van der Waals surface area contributed by atoms with E-state index in [1.807, 2.05) is 4.90 Å². The van der Waals surface area contributed by atoms with Crippen molar-refractivity contribution in [3.63, 3.8) is 0 Å². The molecule has 0 radical (unpaired) electrons. The summed E-state index contributed by atoms with van der Waals surface area (Å²) in [6.45, 7) is 1.73. The lowest BCUT2D eigenvalue weighted by Gasteiger charge is -2.34. The molecule has 2 heterocycles. The summed E-state index contributed by atoms with van der Waals surface area (Å²) in [6.07, 6.45) is 4.41. The maximum atomic E-state index is 12.8. The molecule has 2 saturated heterocycles. The molecule has 2 aliphatic carbocycles. The Morgan fingerprint density at radius 1 is 1.21 bits per heavy atom. The number of rotatable bonds is 1. The molecule has 0 spiro atoms. The van der Waals surface area contributed by atoms with Gasteiger partial charge in [-0.3, -0.25) is 9.59 Å². The number of ether oxygens (including phenoxy) is 1. The Hall–Kier alpha value is -0.580. The number of esters is 1. The van der Waals surface area contributed by atoms with Crippen LogP contribution in [0, 0.1) is 23.7 Å². The van der Waals surface area contributed by atoms with Crippen LogP contribution >= 0.6 is 15.9 Å². The van der Waals surface area contributed by atoms with Crippen molar-refractivity contribution >= 4 is 27.8 Å². The predicted octanol–water partition coefficient (Wildman–Crippen LogP) is 1.57. The van der Waals surface area contributed by atoms with Crippen molar-refractivity contribution in [2.24, 2.45) is 23.7 Å². The molecule has 0 aromatic rings. The third kappa shape index (κ3) is 1.57. The average molecular weight is 328 g/mol. The van der Waals surface area contributed by atoms with Crippen LogP contribution < -0.4 is 0 Å². The Bertz CT molecular complexity index is 434. The summed E-state index contributed by atoms with van der Waals surface area (Å²) in [7, 11) is 0. The van der Waals surface area contributed by atoms with Gasteiger partial charge in [0, 0.05) is 19.0 Å². The summed E-state index contributed by atoms with van der Waals surface area (Å²) < 4.78 is 5.46. The van der Waals surface area contributed by atoms with E-state index in [1.165, 1.54) is 6.42 Å². The van der Waals surface area contributed by atoms with Gasteiger partial charge in [-0.2, -0.15) is 0 Å². The summed E-state index contributed by atoms with van der Waals surface area (Å²) in [5, 5.41) is 0. The zero-order valence-corrected chi connectivity index (χ0v) is 12.3. The van der Waals surface area contributed by atoms with Gasteiger partial charge in [0.15, 0.2) is 0 Å². The molecule has 5 heteroatoms. The fourth-order valence-corrected chi connectivity index (χ4v) is 5.68. The molecule has 6 atom stereocenters. The minimum absolute atomic E-state index is 0.0212. The highest BCUT2D eigenvalue weighted by Crippen LogP contribution is 2.60. The molecular weight excluding hydrogens is 310 g/mol. The monoisotopic (exact) mass is 327 g/mol. The largest absolute Gasteiger partial charge is 0.461 e. The molecule has 0 aromatic heterocycles. The number of alkyl halides is 1. The lowest BCUT2D eigenvalue weighted by molar-refractivity contribution is -0.148. The van der Waals surface area contributed by atoms with E-state index in [0.29, 0.717) is 5.92 Å². The van der Waals surface area contributed by atoms with Crippen molar-refractivity contribution in [1.82, 2.24) is 4.90 Å². The highest BCUT2D eigenvalue weighted by Gasteiger charge is 2.68. The first-order valence-corrected chi connectivity index (χ1v) is 8.23. The normalized spacial score (nSPS) is 47.6. The van der Waals surface area contributed by atoms with Crippen LogP contribution in [-0.4, -0.2) is 40.8 Å². The van der Waals surface area contributed by atoms with Gasteiger partial charge >= 0.3 is 5.97 Å². The van der Waals surface area contributed by atoms with Crippen molar-refractivity contribution in [1.29, 1.82) is 0 Å². The van der Waals surface area contributed by atoms with E-state index < -0.39 is 0 Å². The summed E-state index contributed by atoms with van der Waals surface area (Å²) in [5.41, 5.74) is 0. The molecule has 0 unspecified atom stereocenters. The van der Waals surface area contributed by atoms with Gasteiger partial charge in [-0.15, -0.1) is 0 Å². The van der Waals surface area contributed by atoms with Crippen LogP contribution in [-0.2, 0) is 14.3 Å². The third-order valence-corrected chi connectivity index (χ3v) is 6.68. The van der Waals surface area contributed by atoms with Gasteiger partial charge in [-0.05, 0) is 31.6 Å². The minimum atomic E-state index is -0.154. The van der Waals surface area contributed by atoms with Crippen LogP contribution in [0.25, 0.3) is 0 Å². The minimum Gasteiger partial charge on any atom is -0.461 e. The molecule has 2 aliphatic heterocycles. The highest BCUT2D eigenvalue weighted by atomic mass is 79.9. The van der Waals surface area contributed by atoms with E-state index >= 15 is 0 Å². The number of likely N-dealkylation sites (tertiary alicyclic amines) is 1. The molecule has 4 aliphatic rings. The number of fused-ring (bicyclic) bond motifs is 1. The standard InChI is InChI=1S/C14H18BrNO3/c15-11-7-6-8-10(14(18)19-12(8)11)9(7)13(17)16-4-2-1-3-5-16/h7-12H,1-6H2/t7-,8+,9-,10-,11+,12+/m0/s1. The summed E-state index contributed by atoms with van der Waals surface area (Å²) in [6, 6.07) is 0. The van der Waals surface area contributed by atoms with Gasteiger partial charge in [0.25, 0.3) is 0 Å². The van der Waals surface area contributed by atoms with Crippen molar-refractivity contribution in [2.45, 2.75) is 36.6 Å². The second-order valence-corrected chi connectivity index (χ2v) is 7.40. The molecule has 1 amide bonds. The van der Waals surface area contributed by atoms with Crippen molar-refractivity contribution in [2.75, 3.05) is 13.1 Å². The molecule has 2 saturated carbocycles. The number of amides is 1. The third-order valence-electron chi connectivity index (χ3n) is 5.48. The first kappa shape index (κ1) is 12.2. The Kier molecular flexibility index (Phi) is 2.70. The quantitative estimate of drug-likeness (QED) is 0.542. The molecule has 0 N–H and O–H groups in total. The topological polar surface area (TPSA) is 46.6 Å². The van der Waals surface area contributed by atoms with Crippen molar-refractivity contribution < 1.29 is 14.3 Å². The number of hydrogen-bond donors (Lipinski definition) is 0. The van der Waals surface area contributed by atoms with Gasteiger partial charge in [0.05, 0.1) is 16.7 Å². The number of carbonyl (C=O) groups is 2. The average Bonchev–Trinajstić information content (AvgIpc) is 3.03. The molecule has 19 heavy (non-hydrogen) atoms. The molecule has 4 nitrogen and oxygen atoms in total. The van der Waals surface area contributed by atoms with Crippen LogP contribution in [0.1, 0.15) is 25.7 Å². The summed E-state index contributed by atoms with van der Waals surface area (Å²) in [4.78, 5) is 26.9. The second kappa shape index (κ2) is 4.21. The van der Waals surface area contributed by atoms with Gasteiger partial charge in [-0.25, -0.2) is 0 Å². The highest BCUT2D eigenvalue weighted by molar-refractivity contribution is 9.09. The predicted molar refractivity (Wildman–Crippen MR) is 71.6 cm³/mol. The van der Waals surface area contributed by atoms with E-state index in [2.05, 4.69) is 15.9 Å². The van der Waals surface area contributed by atoms with Crippen LogP contribution in [0.15, 0.2) is 0 Å². The summed E-state index contributed by atoms with van der Waals surface area (Å²) in [5.74, 6) is 0.368. The van der Waals surface area contributed by atoms with Crippen molar-refractivity contribution in [3.8, 4) is 0 Å². The molecule has 0 aromatic carbocycles. The Morgan fingerprint density at radius 2 is 1.95 bits per heavy atom. The zero-order chi connectivity index (χ0) is 13.1. The van der Waals surface area contributed by atoms with Gasteiger partial charge in [0.2, 0.25) is 5.91 Å². The lowest BCUT2D eigenvalue weighted by atomic mass is 9.79. The first-order chi connectivity index (χ1) is 9.18. The van der Waals surface area contributed by atoms with Gasteiger partial charge < -0.3 is 9.64 Å². The Balaban J connectivity index is 1.61. The Labute approximate surface area is 121 Å². The number of piperidine rings is 1. The van der Waals surface area contributed by atoms with E-state index in [4.69, 9.17) is 4.74 Å². The van der Waals surface area contributed by atoms with Crippen LogP contribution in [0.5, 0.6) is 0 Å². The second-order valence-electron chi connectivity index (χ2n) is 6.35. The molecule has 4 rings (SSSR count). The van der Waals surface area contributed by atoms with Crippen LogP contribution in [0.3, 0.4) is 0 Å². The summed E-state index contributed by atoms with van der Waals surface area (Å²) >= 11 is 3.66. The molecule has 2 bridgehead atoms. The molecule has 4 fully saturated rings. The van der Waals surface area contributed by atoms with E-state index in [0.717, 1.165) is 32.4 Å². The van der Waals surface area contributed by atoms with Gasteiger partial charge in [-0.1, -0.05) is 15.9 Å². The SMILES string of the molecule is O=C1O[C@H]2[C@H](Br)[C@H]3C[C@@H]2[C@H]1[C@H]3C(=O)N1CCCCC1. The maximum absolute atomic E-state index is 12.8. The number of hydrogen-bond acceptors (Lipinski definition) is 3. The number of halogens is 1. The fourth-order valence-electron chi connectivity index (χ4n) is 4.63. The number of nitrogens with zero attached hydrogens (tertiary/aromatic N) is 1. The van der Waals surface area contributed by atoms with E-state index in [1.54, 1.807) is 0 Å². The Morgan fingerprint density at radius 3 is 2.68 bits per heavy atom. The van der Waals surface area contributed by atoms with E-state index in [-0.39, 0.29) is 40.6 Å². The zero-order valence-electron chi connectivity index (χ0n) is 10.8. The molecular formula is C14H18BrNO3. The fraction of sp³-hybridized carbons (Fsp3) is 0.857. The maximum Gasteiger partial charge on any atom is 0.310 e. The van der Waals surface area contributed by atoms with Crippen LogP contribution in [0.4, 0.5) is 0 Å². The van der Waals surface area contributed by atoms with E-state index in [9.17, 15) is 9.59 Å². The number of carbonyl (C=O) groups excluding carboxylic acids is 2.